The highest BCUT2D eigenvalue weighted by molar-refractivity contribution is 5.97. The van der Waals surface area contributed by atoms with Crippen LogP contribution in [0.15, 0.2) is 36.4 Å². The number of methoxy groups -OCH3 is 2. The van der Waals surface area contributed by atoms with Gasteiger partial charge in [0.05, 0.1) is 56.3 Å². The lowest BCUT2D eigenvalue weighted by molar-refractivity contribution is -0.384. The summed E-state index contributed by atoms with van der Waals surface area (Å²) in [7, 11) is 2.85. The van der Waals surface area contributed by atoms with Crippen molar-refractivity contribution in [2.45, 2.75) is 0 Å². The van der Waals surface area contributed by atoms with Crippen molar-refractivity contribution in [1.29, 1.82) is 0 Å². The molecule has 11 nitrogen and oxygen atoms in total. The quantitative estimate of drug-likeness (QED) is 0.467. The van der Waals surface area contributed by atoms with Crippen LogP contribution >= 0.6 is 0 Å². The van der Waals surface area contributed by atoms with E-state index < -0.39 is 10.8 Å². The van der Waals surface area contributed by atoms with Gasteiger partial charge in [0.15, 0.2) is 0 Å². The van der Waals surface area contributed by atoms with Gasteiger partial charge in [-0.3, -0.25) is 19.7 Å². The highest BCUT2D eigenvalue weighted by Gasteiger charge is 2.20. The molecule has 2 N–H and O–H groups in total. The molecule has 0 aromatic heterocycles. The molecule has 32 heavy (non-hydrogen) atoms. The lowest BCUT2D eigenvalue weighted by atomic mass is 10.1. The predicted molar refractivity (Wildman–Crippen MR) is 116 cm³/mol. The van der Waals surface area contributed by atoms with Crippen LogP contribution in [0.4, 0.5) is 17.1 Å². The average molecular weight is 444 g/mol. The van der Waals surface area contributed by atoms with Gasteiger partial charge < -0.3 is 29.7 Å². The molecule has 1 fully saturated rings. The highest BCUT2D eigenvalue weighted by Crippen LogP contribution is 2.29. The van der Waals surface area contributed by atoms with Gasteiger partial charge in [0.2, 0.25) is 5.91 Å². The van der Waals surface area contributed by atoms with Gasteiger partial charge in [-0.1, -0.05) is 0 Å². The molecule has 11 heteroatoms. The second-order valence-corrected chi connectivity index (χ2v) is 6.86. The third-order valence-corrected chi connectivity index (χ3v) is 4.85. The summed E-state index contributed by atoms with van der Waals surface area (Å²) in [4.78, 5) is 37.3. The van der Waals surface area contributed by atoms with E-state index in [9.17, 15) is 19.7 Å². The minimum atomic E-state index is -0.548. The summed E-state index contributed by atoms with van der Waals surface area (Å²) in [6.07, 6.45) is 0. The van der Waals surface area contributed by atoms with Crippen LogP contribution in [0.5, 0.6) is 11.5 Å². The van der Waals surface area contributed by atoms with Crippen molar-refractivity contribution in [1.82, 2.24) is 4.90 Å². The van der Waals surface area contributed by atoms with E-state index >= 15 is 0 Å². The van der Waals surface area contributed by atoms with E-state index in [0.29, 0.717) is 49.0 Å². The van der Waals surface area contributed by atoms with Crippen molar-refractivity contribution in [3.05, 3.63) is 52.1 Å². The Morgan fingerprint density at radius 3 is 2.44 bits per heavy atom. The van der Waals surface area contributed by atoms with E-state index in [1.807, 2.05) is 0 Å². The summed E-state index contributed by atoms with van der Waals surface area (Å²) in [6.45, 7) is 1.91. The van der Waals surface area contributed by atoms with Crippen LogP contribution in [-0.4, -0.2) is 68.7 Å². The number of morpholine rings is 1. The first-order valence-electron chi connectivity index (χ1n) is 9.84. The third kappa shape index (κ3) is 5.43. The van der Waals surface area contributed by atoms with Crippen molar-refractivity contribution in [2.75, 3.05) is 57.7 Å². The molecule has 0 unspecified atom stereocenters. The second kappa shape index (κ2) is 10.4. The monoisotopic (exact) mass is 444 g/mol. The Morgan fingerprint density at radius 1 is 1.06 bits per heavy atom. The maximum Gasteiger partial charge on any atom is 0.273 e. The molecule has 2 aromatic rings. The van der Waals surface area contributed by atoms with E-state index in [1.54, 1.807) is 23.1 Å². The number of ether oxygens (including phenoxy) is 3. The molecule has 0 radical (unpaired) electrons. The van der Waals surface area contributed by atoms with E-state index in [1.165, 1.54) is 32.4 Å². The second-order valence-electron chi connectivity index (χ2n) is 6.86. The van der Waals surface area contributed by atoms with Crippen molar-refractivity contribution in [3.8, 4) is 11.5 Å². The molecule has 1 saturated heterocycles. The SMILES string of the molecule is COc1ccc(C(=O)N2CCOCC2)cc1NCC(=O)Nc1ccc([N+](=O)[O-])cc1OC. The molecular formula is C21H24N4O7. The third-order valence-electron chi connectivity index (χ3n) is 4.85. The van der Waals surface area contributed by atoms with Crippen LogP contribution in [0.3, 0.4) is 0 Å². The Kier molecular flexibility index (Phi) is 7.45. The summed E-state index contributed by atoms with van der Waals surface area (Å²) in [5.41, 5.74) is 1.10. The Labute approximate surface area is 184 Å². The van der Waals surface area contributed by atoms with E-state index in [2.05, 4.69) is 10.6 Å². The average Bonchev–Trinajstić information content (AvgIpc) is 2.82. The molecular weight excluding hydrogens is 420 g/mol. The number of nitro benzene ring substituents is 1. The minimum Gasteiger partial charge on any atom is -0.495 e. The van der Waals surface area contributed by atoms with Gasteiger partial charge in [-0.2, -0.15) is 0 Å². The zero-order valence-corrected chi connectivity index (χ0v) is 17.8. The summed E-state index contributed by atoms with van der Waals surface area (Å²) in [5.74, 6) is 0.107. The molecule has 1 aliphatic rings. The zero-order chi connectivity index (χ0) is 23.1. The van der Waals surface area contributed by atoms with Crippen LogP contribution in [0.1, 0.15) is 10.4 Å². The zero-order valence-electron chi connectivity index (χ0n) is 17.8. The molecule has 2 aromatic carbocycles. The van der Waals surface area contributed by atoms with E-state index in [4.69, 9.17) is 14.2 Å². The van der Waals surface area contributed by atoms with Crippen LogP contribution in [0.25, 0.3) is 0 Å². The van der Waals surface area contributed by atoms with Gasteiger partial charge >= 0.3 is 0 Å². The number of anilines is 2. The minimum absolute atomic E-state index is 0.126. The molecule has 1 heterocycles. The maximum atomic E-state index is 12.7. The topological polar surface area (TPSA) is 132 Å². The molecule has 1 aliphatic heterocycles. The standard InChI is InChI=1S/C21H24N4O7/c1-30-18-6-3-14(21(27)24-7-9-32-10-8-24)11-17(18)22-13-20(26)23-16-5-4-15(25(28)29)12-19(16)31-2/h3-6,11-12,22H,7-10,13H2,1-2H3,(H,23,26). The number of amides is 2. The fourth-order valence-electron chi connectivity index (χ4n) is 3.19. The molecule has 0 saturated carbocycles. The summed E-state index contributed by atoms with van der Waals surface area (Å²) >= 11 is 0. The molecule has 0 spiro atoms. The smallest absolute Gasteiger partial charge is 0.273 e. The van der Waals surface area contributed by atoms with Gasteiger partial charge in [0.25, 0.3) is 11.6 Å². The Hall–Kier alpha value is -3.86. The van der Waals surface area contributed by atoms with Crippen molar-refractivity contribution < 1.29 is 28.7 Å². The summed E-state index contributed by atoms with van der Waals surface area (Å²) < 4.78 is 15.7. The largest absolute Gasteiger partial charge is 0.495 e. The van der Waals surface area contributed by atoms with Crippen LogP contribution in [-0.2, 0) is 9.53 Å². The fraction of sp³-hybridized carbons (Fsp3) is 0.333. The first kappa shape index (κ1) is 22.8. The lowest BCUT2D eigenvalue weighted by Crippen LogP contribution is -2.40. The van der Waals surface area contributed by atoms with E-state index in [0.717, 1.165) is 0 Å². The molecule has 3 rings (SSSR count). The number of hydrogen-bond acceptors (Lipinski definition) is 8. The Bertz CT molecular complexity index is 1010. The highest BCUT2D eigenvalue weighted by atomic mass is 16.6. The number of carbonyl (C=O) groups excluding carboxylic acids is 2. The van der Waals surface area contributed by atoms with Crippen LogP contribution in [0.2, 0.25) is 0 Å². The van der Waals surface area contributed by atoms with E-state index in [-0.39, 0.29) is 23.9 Å². The number of benzene rings is 2. The number of carbonyl (C=O) groups is 2. The summed E-state index contributed by atoms with van der Waals surface area (Å²) in [6, 6.07) is 8.87. The van der Waals surface area contributed by atoms with Crippen LogP contribution in [0, 0.1) is 10.1 Å². The lowest BCUT2D eigenvalue weighted by Gasteiger charge is -2.27. The Morgan fingerprint density at radius 2 is 1.78 bits per heavy atom. The van der Waals surface area contributed by atoms with Crippen molar-refractivity contribution >= 4 is 28.9 Å². The molecule has 0 bridgehead atoms. The maximum absolute atomic E-state index is 12.7. The Balaban J connectivity index is 1.68. The molecule has 2 amide bonds. The number of hydrogen-bond donors (Lipinski definition) is 2. The predicted octanol–water partition coefficient (Wildman–Crippen LogP) is 2.13. The molecule has 0 atom stereocenters. The van der Waals surface area contributed by atoms with Crippen molar-refractivity contribution in [2.24, 2.45) is 0 Å². The van der Waals surface area contributed by atoms with Crippen molar-refractivity contribution in [3.63, 3.8) is 0 Å². The van der Waals surface area contributed by atoms with Gasteiger partial charge in [-0.05, 0) is 24.3 Å². The van der Waals surface area contributed by atoms with Crippen LogP contribution < -0.4 is 20.1 Å². The summed E-state index contributed by atoms with van der Waals surface area (Å²) in [5, 5.41) is 16.5. The van der Waals surface area contributed by atoms with Gasteiger partial charge in [-0.15, -0.1) is 0 Å². The molecule has 170 valence electrons. The van der Waals surface area contributed by atoms with Gasteiger partial charge in [0, 0.05) is 24.7 Å². The normalized spacial score (nSPS) is 13.2. The number of nitrogens with one attached hydrogen (secondary N) is 2. The molecule has 0 aliphatic carbocycles. The van der Waals surface area contributed by atoms with Gasteiger partial charge in [-0.25, -0.2) is 0 Å². The number of nitrogens with zero attached hydrogens (tertiary/aromatic N) is 2. The number of non-ortho nitro benzene ring substituents is 1. The number of rotatable bonds is 8. The number of nitro groups is 1. The fourth-order valence-corrected chi connectivity index (χ4v) is 3.19. The van der Waals surface area contributed by atoms with Gasteiger partial charge in [0.1, 0.15) is 11.5 Å². The first-order valence-corrected chi connectivity index (χ1v) is 9.84. The first-order chi connectivity index (χ1) is 15.4.